The number of pyridine rings is 1. The van der Waals surface area contributed by atoms with Gasteiger partial charge in [-0.2, -0.15) is 13.2 Å². The van der Waals surface area contributed by atoms with Crippen LogP contribution in [0.15, 0.2) is 36.5 Å². The SMILES string of the molecule is Cc1cc(CCO)cnc1C1=CCN(C(=O)Nc2ccc(C(F)(F)F)c(Cl)c2)CC1. The summed E-state index contributed by atoms with van der Waals surface area (Å²) in [5.74, 6) is 0. The Labute approximate surface area is 177 Å². The topological polar surface area (TPSA) is 65.5 Å². The monoisotopic (exact) mass is 439 g/mol. The number of amides is 2. The largest absolute Gasteiger partial charge is 0.417 e. The van der Waals surface area contributed by atoms with Crippen LogP contribution in [-0.2, 0) is 12.6 Å². The number of aryl methyl sites for hydroxylation is 1. The first-order chi connectivity index (χ1) is 14.2. The number of aliphatic hydroxyl groups is 1. The lowest BCUT2D eigenvalue weighted by Gasteiger charge is -2.27. The maximum atomic E-state index is 12.8. The van der Waals surface area contributed by atoms with Crippen LogP contribution in [-0.4, -0.2) is 40.7 Å². The fourth-order valence-corrected chi connectivity index (χ4v) is 3.62. The standard InChI is InChI=1S/C21H21ClF3N3O2/c1-13-10-14(6-9-29)12-26-19(13)15-4-7-28(8-5-15)20(30)27-16-2-3-17(18(22)11-16)21(23,24)25/h2-4,10-12,29H,5-9H2,1H3,(H,27,30). The average Bonchev–Trinajstić information content (AvgIpc) is 2.67. The molecule has 1 aromatic heterocycles. The molecule has 0 unspecified atom stereocenters. The summed E-state index contributed by atoms with van der Waals surface area (Å²) < 4.78 is 38.4. The number of benzene rings is 1. The quantitative estimate of drug-likeness (QED) is 0.710. The van der Waals surface area contributed by atoms with Gasteiger partial charge < -0.3 is 15.3 Å². The smallest absolute Gasteiger partial charge is 0.396 e. The summed E-state index contributed by atoms with van der Waals surface area (Å²) in [6.45, 7) is 2.83. The van der Waals surface area contributed by atoms with Crippen molar-refractivity contribution in [3.05, 3.63) is 63.9 Å². The number of carbonyl (C=O) groups excluding carboxylic acids is 1. The van der Waals surface area contributed by atoms with E-state index in [0.29, 0.717) is 25.9 Å². The highest BCUT2D eigenvalue weighted by Gasteiger charge is 2.33. The molecule has 160 valence electrons. The van der Waals surface area contributed by atoms with Crippen LogP contribution in [0.1, 0.15) is 28.8 Å². The zero-order chi connectivity index (χ0) is 21.9. The fraction of sp³-hybridized carbons (Fsp3) is 0.333. The zero-order valence-corrected chi connectivity index (χ0v) is 17.0. The molecular formula is C21H21ClF3N3O2. The Morgan fingerprint density at radius 3 is 2.67 bits per heavy atom. The van der Waals surface area contributed by atoms with Crippen molar-refractivity contribution >= 4 is 28.9 Å². The molecule has 3 rings (SSSR count). The van der Waals surface area contributed by atoms with Crippen LogP contribution in [0.3, 0.4) is 0 Å². The third-order valence-corrected chi connectivity index (χ3v) is 5.17. The van der Waals surface area contributed by atoms with Crippen molar-refractivity contribution in [1.29, 1.82) is 0 Å². The molecule has 2 N–H and O–H groups in total. The van der Waals surface area contributed by atoms with Crippen LogP contribution >= 0.6 is 11.6 Å². The van der Waals surface area contributed by atoms with Crippen LogP contribution in [0, 0.1) is 6.92 Å². The van der Waals surface area contributed by atoms with Gasteiger partial charge in [-0.1, -0.05) is 23.7 Å². The van der Waals surface area contributed by atoms with Crippen molar-refractivity contribution in [1.82, 2.24) is 9.88 Å². The molecule has 0 fully saturated rings. The molecule has 0 atom stereocenters. The van der Waals surface area contributed by atoms with Crippen molar-refractivity contribution in [3.63, 3.8) is 0 Å². The van der Waals surface area contributed by atoms with Gasteiger partial charge in [-0.15, -0.1) is 0 Å². The number of aliphatic hydroxyl groups excluding tert-OH is 1. The number of nitrogens with zero attached hydrogens (tertiary/aromatic N) is 2. The average molecular weight is 440 g/mol. The summed E-state index contributed by atoms with van der Waals surface area (Å²) in [7, 11) is 0. The van der Waals surface area contributed by atoms with Gasteiger partial charge in [0.2, 0.25) is 0 Å². The van der Waals surface area contributed by atoms with E-state index >= 15 is 0 Å². The van der Waals surface area contributed by atoms with Gasteiger partial charge >= 0.3 is 12.2 Å². The minimum atomic E-state index is -4.55. The maximum Gasteiger partial charge on any atom is 0.417 e. The molecule has 1 aliphatic heterocycles. The van der Waals surface area contributed by atoms with Crippen LogP contribution in [0.4, 0.5) is 23.7 Å². The van der Waals surface area contributed by atoms with Crippen molar-refractivity contribution in [2.45, 2.75) is 25.9 Å². The molecule has 5 nitrogen and oxygen atoms in total. The molecule has 0 saturated carbocycles. The van der Waals surface area contributed by atoms with Gasteiger partial charge in [0, 0.05) is 31.6 Å². The lowest BCUT2D eigenvalue weighted by atomic mass is 9.99. The van der Waals surface area contributed by atoms with Gasteiger partial charge in [-0.05, 0) is 54.7 Å². The number of hydrogen-bond donors (Lipinski definition) is 2. The van der Waals surface area contributed by atoms with Crippen molar-refractivity contribution < 1.29 is 23.1 Å². The summed E-state index contributed by atoms with van der Waals surface area (Å²) in [4.78, 5) is 18.5. The number of anilines is 1. The van der Waals surface area contributed by atoms with Crippen molar-refractivity contribution in [3.8, 4) is 0 Å². The number of alkyl halides is 3. The highest BCUT2D eigenvalue weighted by Crippen LogP contribution is 2.36. The predicted octanol–water partition coefficient (Wildman–Crippen LogP) is 4.92. The molecule has 0 spiro atoms. The molecular weight excluding hydrogens is 419 g/mol. The van der Waals surface area contributed by atoms with Crippen molar-refractivity contribution in [2.24, 2.45) is 0 Å². The molecule has 1 aliphatic rings. The van der Waals surface area contributed by atoms with E-state index in [9.17, 15) is 18.0 Å². The van der Waals surface area contributed by atoms with E-state index in [1.54, 1.807) is 11.1 Å². The number of aromatic nitrogens is 1. The Balaban J connectivity index is 1.65. The third kappa shape index (κ3) is 5.12. The summed E-state index contributed by atoms with van der Waals surface area (Å²) >= 11 is 5.70. The first-order valence-corrected chi connectivity index (χ1v) is 9.75. The van der Waals surface area contributed by atoms with Crippen LogP contribution < -0.4 is 5.32 Å². The number of halogens is 4. The minimum absolute atomic E-state index is 0.0668. The van der Waals surface area contributed by atoms with E-state index in [4.69, 9.17) is 16.7 Å². The van der Waals surface area contributed by atoms with E-state index < -0.39 is 22.8 Å². The number of rotatable bonds is 4. The first kappa shape index (κ1) is 22.1. The van der Waals surface area contributed by atoms with Crippen LogP contribution in [0.5, 0.6) is 0 Å². The zero-order valence-electron chi connectivity index (χ0n) is 16.3. The summed E-state index contributed by atoms with van der Waals surface area (Å²) in [6, 6.07) is 4.70. The number of carbonyl (C=O) groups is 1. The highest BCUT2D eigenvalue weighted by molar-refractivity contribution is 6.31. The third-order valence-electron chi connectivity index (χ3n) is 4.86. The molecule has 2 amide bonds. The Morgan fingerprint density at radius 1 is 1.33 bits per heavy atom. The second kappa shape index (κ2) is 9.06. The van der Waals surface area contributed by atoms with Gasteiger partial charge in [0.15, 0.2) is 0 Å². The Hall–Kier alpha value is -2.58. The lowest BCUT2D eigenvalue weighted by Crippen LogP contribution is -2.38. The normalized spacial score (nSPS) is 14.5. The van der Waals surface area contributed by atoms with Gasteiger partial charge in [0.05, 0.1) is 16.3 Å². The second-order valence-corrected chi connectivity index (χ2v) is 7.44. The van der Waals surface area contributed by atoms with E-state index in [0.717, 1.165) is 34.5 Å². The van der Waals surface area contributed by atoms with E-state index in [2.05, 4.69) is 10.3 Å². The number of nitrogens with one attached hydrogen (secondary N) is 1. The molecule has 2 aromatic rings. The first-order valence-electron chi connectivity index (χ1n) is 9.37. The molecule has 9 heteroatoms. The number of hydrogen-bond acceptors (Lipinski definition) is 3. The molecule has 0 aliphatic carbocycles. The fourth-order valence-electron chi connectivity index (χ4n) is 3.33. The van der Waals surface area contributed by atoms with Gasteiger partial charge in [0.1, 0.15) is 0 Å². The Morgan fingerprint density at radius 2 is 2.10 bits per heavy atom. The van der Waals surface area contributed by atoms with Crippen LogP contribution in [0.25, 0.3) is 5.57 Å². The second-order valence-electron chi connectivity index (χ2n) is 7.03. The van der Waals surface area contributed by atoms with Crippen molar-refractivity contribution in [2.75, 3.05) is 25.0 Å². The molecule has 0 saturated heterocycles. The molecule has 30 heavy (non-hydrogen) atoms. The highest BCUT2D eigenvalue weighted by atomic mass is 35.5. The lowest BCUT2D eigenvalue weighted by molar-refractivity contribution is -0.137. The maximum absolute atomic E-state index is 12.8. The van der Waals surface area contributed by atoms with Crippen LogP contribution in [0.2, 0.25) is 5.02 Å². The van der Waals surface area contributed by atoms with E-state index in [-0.39, 0.29) is 12.3 Å². The Kier molecular flexibility index (Phi) is 6.67. The molecule has 0 bridgehead atoms. The minimum Gasteiger partial charge on any atom is -0.396 e. The van der Waals surface area contributed by atoms with E-state index in [1.807, 2.05) is 19.1 Å². The molecule has 2 heterocycles. The van der Waals surface area contributed by atoms with E-state index in [1.165, 1.54) is 6.07 Å². The predicted molar refractivity (Wildman–Crippen MR) is 109 cm³/mol. The summed E-state index contributed by atoms with van der Waals surface area (Å²) in [5, 5.41) is 11.2. The molecule has 0 radical (unpaired) electrons. The van der Waals surface area contributed by atoms with Gasteiger partial charge in [-0.3, -0.25) is 4.98 Å². The Bertz CT molecular complexity index is 976. The number of urea groups is 1. The summed E-state index contributed by atoms with van der Waals surface area (Å²) in [5.41, 5.74) is 3.12. The van der Waals surface area contributed by atoms with Gasteiger partial charge in [-0.25, -0.2) is 4.79 Å². The molecule has 1 aromatic carbocycles. The summed E-state index contributed by atoms with van der Waals surface area (Å²) in [6.07, 6.45) is 0.274. The van der Waals surface area contributed by atoms with Gasteiger partial charge in [0.25, 0.3) is 0 Å².